The summed E-state index contributed by atoms with van der Waals surface area (Å²) in [5.74, 6) is 0. The Hall–Kier alpha value is -0.780. The Bertz CT molecular complexity index is 261. The number of hydrogen-bond acceptors (Lipinski definition) is 0. The minimum absolute atomic E-state index is 0. The highest BCUT2D eigenvalue weighted by atomic mass is 14.1. The van der Waals surface area contributed by atoms with Crippen molar-refractivity contribution in [2.45, 2.75) is 40.0 Å². The van der Waals surface area contributed by atoms with E-state index >= 15 is 0 Å². The molecule has 0 radical (unpaired) electrons. The smallest absolute Gasteiger partial charge is 0.0276 e. The number of fused-ring (bicyclic) bond motifs is 1. The molecule has 0 amide bonds. The topological polar surface area (TPSA) is 0 Å². The number of hydrogen-bond donors (Lipinski definition) is 0. The third-order valence-electron chi connectivity index (χ3n) is 2.50. The zero-order valence-electron chi connectivity index (χ0n) is 7.06. The molecule has 0 fully saturated rings. The minimum Gasteiger partial charge on any atom is -0.0776 e. The van der Waals surface area contributed by atoms with Crippen LogP contribution in [0.25, 0.3) is 0 Å². The monoisotopic (exact) mass is 162 g/mol. The van der Waals surface area contributed by atoms with Crippen LogP contribution in [0.1, 0.15) is 37.0 Å². The van der Waals surface area contributed by atoms with Gasteiger partial charge in [-0.25, -0.2) is 0 Å². The summed E-state index contributed by atoms with van der Waals surface area (Å²) < 4.78 is 0. The maximum absolute atomic E-state index is 2.34. The average Bonchev–Trinajstić information content (AvgIpc) is 2.04. The maximum atomic E-state index is 2.34. The van der Waals surface area contributed by atoms with E-state index in [1.165, 1.54) is 31.2 Å². The summed E-state index contributed by atoms with van der Waals surface area (Å²) in [4.78, 5) is 0. The highest BCUT2D eigenvalue weighted by molar-refractivity contribution is 5.32. The highest BCUT2D eigenvalue weighted by Crippen LogP contribution is 2.21. The fraction of sp³-hybridized carbons (Fsp3) is 0.500. The average molecular weight is 162 g/mol. The molecule has 12 heavy (non-hydrogen) atoms. The molecule has 0 aromatic heterocycles. The third kappa shape index (κ3) is 1.69. The molecule has 0 heterocycles. The second-order valence-corrected chi connectivity index (χ2v) is 3.48. The first-order valence-electron chi connectivity index (χ1n) is 4.45. The van der Waals surface area contributed by atoms with Crippen LogP contribution in [-0.2, 0) is 12.8 Å². The predicted molar refractivity (Wildman–Crippen MR) is 54.6 cm³/mol. The maximum Gasteiger partial charge on any atom is -0.0276 e. The van der Waals surface area contributed by atoms with E-state index in [9.17, 15) is 0 Å². The van der Waals surface area contributed by atoms with E-state index in [1.54, 1.807) is 11.1 Å². The van der Waals surface area contributed by atoms with Gasteiger partial charge in [-0.2, -0.15) is 0 Å². The first-order valence-corrected chi connectivity index (χ1v) is 4.45. The van der Waals surface area contributed by atoms with Crippen LogP contribution in [0.2, 0.25) is 0 Å². The van der Waals surface area contributed by atoms with Crippen molar-refractivity contribution in [1.82, 2.24) is 0 Å². The van der Waals surface area contributed by atoms with E-state index in [0.717, 1.165) is 0 Å². The molecule has 0 nitrogen and oxygen atoms in total. The second-order valence-electron chi connectivity index (χ2n) is 3.48. The quantitative estimate of drug-likeness (QED) is 0.547. The molecule has 0 saturated heterocycles. The van der Waals surface area contributed by atoms with Gasteiger partial charge in [0.2, 0.25) is 0 Å². The van der Waals surface area contributed by atoms with E-state index in [0.29, 0.717) is 0 Å². The lowest BCUT2D eigenvalue weighted by Gasteiger charge is -2.15. The van der Waals surface area contributed by atoms with Crippen molar-refractivity contribution in [3.05, 3.63) is 34.9 Å². The van der Waals surface area contributed by atoms with Gasteiger partial charge >= 0.3 is 0 Å². The summed E-state index contributed by atoms with van der Waals surface area (Å²) >= 11 is 0. The molecule has 0 spiro atoms. The Morgan fingerprint density at radius 3 is 2.42 bits per heavy atom. The fourth-order valence-electron chi connectivity index (χ4n) is 1.86. The molecular weight excluding hydrogens is 144 g/mol. The molecule has 1 aliphatic rings. The molecule has 0 atom stereocenters. The van der Waals surface area contributed by atoms with Crippen molar-refractivity contribution in [3.63, 3.8) is 0 Å². The summed E-state index contributed by atoms with van der Waals surface area (Å²) in [6, 6.07) is 6.86. The van der Waals surface area contributed by atoms with Crippen molar-refractivity contribution >= 4 is 0 Å². The number of benzene rings is 1. The van der Waals surface area contributed by atoms with Crippen LogP contribution < -0.4 is 0 Å². The second kappa shape index (κ2) is 3.75. The van der Waals surface area contributed by atoms with E-state index in [2.05, 4.69) is 25.1 Å². The SMILES string of the molecule is C.Cc1ccc2c(c1)CCCC2. The number of aryl methyl sites for hydroxylation is 3. The Morgan fingerprint density at radius 1 is 1.00 bits per heavy atom. The Morgan fingerprint density at radius 2 is 1.67 bits per heavy atom. The summed E-state index contributed by atoms with van der Waals surface area (Å²) in [5, 5.41) is 0. The van der Waals surface area contributed by atoms with Crippen molar-refractivity contribution < 1.29 is 0 Å². The van der Waals surface area contributed by atoms with Gasteiger partial charge in [-0.1, -0.05) is 31.2 Å². The summed E-state index contributed by atoms with van der Waals surface area (Å²) in [7, 11) is 0. The van der Waals surface area contributed by atoms with Crippen molar-refractivity contribution in [1.29, 1.82) is 0 Å². The first-order chi connectivity index (χ1) is 5.36. The van der Waals surface area contributed by atoms with Gasteiger partial charge in [0.15, 0.2) is 0 Å². The van der Waals surface area contributed by atoms with Gasteiger partial charge < -0.3 is 0 Å². The fourth-order valence-corrected chi connectivity index (χ4v) is 1.86. The molecule has 0 bridgehead atoms. The van der Waals surface area contributed by atoms with Crippen molar-refractivity contribution in [2.75, 3.05) is 0 Å². The largest absolute Gasteiger partial charge is 0.0776 e. The van der Waals surface area contributed by atoms with E-state index in [4.69, 9.17) is 0 Å². The van der Waals surface area contributed by atoms with Crippen LogP contribution in [0.3, 0.4) is 0 Å². The minimum atomic E-state index is 0. The molecule has 0 N–H and O–H groups in total. The van der Waals surface area contributed by atoms with Crippen LogP contribution in [0.5, 0.6) is 0 Å². The van der Waals surface area contributed by atoms with Crippen LogP contribution >= 0.6 is 0 Å². The molecule has 1 aliphatic carbocycles. The zero-order valence-corrected chi connectivity index (χ0v) is 7.06. The zero-order chi connectivity index (χ0) is 7.68. The molecule has 2 rings (SSSR count). The third-order valence-corrected chi connectivity index (χ3v) is 2.50. The van der Waals surface area contributed by atoms with Crippen LogP contribution in [0.15, 0.2) is 18.2 Å². The van der Waals surface area contributed by atoms with Crippen molar-refractivity contribution in [2.24, 2.45) is 0 Å². The molecule has 0 heteroatoms. The molecule has 1 aromatic rings. The normalized spacial score (nSPS) is 14.8. The van der Waals surface area contributed by atoms with Gasteiger partial charge in [-0.3, -0.25) is 0 Å². The molecule has 1 aromatic carbocycles. The lowest BCUT2D eigenvalue weighted by molar-refractivity contribution is 0.685. The van der Waals surface area contributed by atoms with Gasteiger partial charge in [0.05, 0.1) is 0 Å². The highest BCUT2D eigenvalue weighted by Gasteiger charge is 2.07. The van der Waals surface area contributed by atoms with Gasteiger partial charge in [0, 0.05) is 0 Å². The van der Waals surface area contributed by atoms with E-state index in [-0.39, 0.29) is 7.43 Å². The Balaban J connectivity index is 0.000000720. The lowest BCUT2D eigenvalue weighted by atomic mass is 9.91. The molecule has 0 aliphatic heterocycles. The van der Waals surface area contributed by atoms with E-state index in [1.807, 2.05) is 0 Å². The Kier molecular flexibility index (Phi) is 2.91. The summed E-state index contributed by atoms with van der Waals surface area (Å²) in [6.07, 6.45) is 5.37. The molecule has 66 valence electrons. The predicted octanol–water partition coefficient (Wildman–Crippen LogP) is 3.51. The van der Waals surface area contributed by atoms with Crippen LogP contribution in [-0.4, -0.2) is 0 Å². The Labute approximate surface area is 75.6 Å². The van der Waals surface area contributed by atoms with Gasteiger partial charge in [0.25, 0.3) is 0 Å². The van der Waals surface area contributed by atoms with Crippen LogP contribution in [0, 0.1) is 6.92 Å². The van der Waals surface area contributed by atoms with Gasteiger partial charge in [-0.05, 0) is 43.7 Å². The molecular formula is C12H18. The van der Waals surface area contributed by atoms with Crippen molar-refractivity contribution in [3.8, 4) is 0 Å². The summed E-state index contributed by atoms with van der Waals surface area (Å²) in [5.41, 5.74) is 4.59. The van der Waals surface area contributed by atoms with E-state index < -0.39 is 0 Å². The van der Waals surface area contributed by atoms with Crippen LogP contribution in [0.4, 0.5) is 0 Å². The number of rotatable bonds is 0. The van der Waals surface area contributed by atoms with Gasteiger partial charge in [0.1, 0.15) is 0 Å². The standard InChI is InChI=1S/C11H14.CH4/c1-9-6-7-10-4-2-3-5-11(10)8-9;/h6-8H,2-5H2,1H3;1H4. The lowest BCUT2D eigenvalue weighted by Crippen LogP contribution is -2.01. The molecule has 0 saturated carbocycles. The summed E-state index contributed by atoms with van der Waals surface area (Å²) in [6.45, 7) is 2.18. The first kappa shape index (κ1) is 9.31. The van der Waals surface area contributed by atoms with Gasteiger partial charge in [-0.15, -0.1) is 0 Å². The molecule has 0 unspecified atom stereocenters.